The molecule has 0 bridgehead atoms. The van der Waals surface area contributed by atoms with Crippen LogP contribution in [0.15, 0.2) is 0 Å². The molecule has 0 aliphatic carbocycles. The molecule has 96 valence electrons. The number of methoxy groups -OCH3 is 1. The second-order valence-corrected chi connectivity index (χ2v) is 5.47. The van der Waals surface area contributed by atoms with Gasteiger partial charge in [0.1, 0.15) is 11.6 Å². The quantitative estimate of drug-likeness (QED) is 0.831. The lowest BCUT2D eigenvalue weighted by molar-refractivity contribution is 0.181. The average Bonchev–Trinajstić information content (AvgIpc) is 2.29. The van der Waals surface area contributed by atoms with Crippen LogP contribution < -0.4 is 5.32 Å². The number of halogens is 1. The Labute approximate surface area is 117 Å². The van der Waals surface area contributed by atoms with Gasteiger partial charge < -0.3 is 10.1 Å². The molecule has 4 nitrogen and oxygen atoms in total. The zero-order valence-corrected chi connectivity index (χ0v) is 13.2. The Morgan fingerprint density at radius 2 is 1.94 bits per heavy atom. The topological polar surface area (TPSA) is 47.0 Å². The highest BCUT2D eigenvalue weighted by Gasteiger charge is 2.17. The van der Waals surface area contributed by atoms with Crippen molar-refractivity contribution in [3.8, 4) is 0 Å². The zero-order chi connectivity index (χ0) is 13.0. The summed E-state index contributed by atoms with van der Waals surface area (Å²) in [6.45, 7) is 7.01. The average molecular weight is 349 g/mol. The molecule has 1 heterocycles. The number of anilines is 1. The summed E-state index contributed by atoms with van der Waals surface area (Å²) in [7, 11) is 3.59. The predicted molar refractivity (Wildman–Crippen MR) is 78.7 cm³/mol. The van der Waals surface area contributed by atoms with Crippen molar-refractivity contribution in [2.75, 3.05) is 26.1 Å². The van der Waals surface area contributed by atoms with E-state index in [0.29, 0.717) is 12.5 Å². The van der Waals surface area contributed by atoms with Crippen molar-refractivity contribution in [1.82, 2.24) is 9.97 Å². The van der Waals surface area contributed by atoms with Gasteiger partial charge in [-0.1, -0.05) is 20.8 Å². The SMILES string of the molecule is CNc1nc(C(C)COC)nc(C(C)C)c1I. The Morgan fingerprint density at radius 3 is 2.41 bits per heavy atom. The summed E-state index contributed by atoms with van der Waals surface area (Å²) in [6, 6.07) is 0. The summed E-state index contributed by atoms with van der Waals surface area (Å²) in [6.07, 6.45) is 0. The molecule has 0 amide bonds. The molecule has 0 spiro atoms. The molecule has 1 N–H and O–H groups in total. The van der Waals surface area contributed by atoms with Crippen molar-refractivity contribution in [2.45, 2.75) is 32.6 Å². The molecule has 1 atom stereocenters. The van der Waals surface area contributed by atoms with Crippen LogP contribution in [0.4, 0.5) is 5.82 Å². The number of aromatic nitrogens is 2. The molecule has 1 aromatic heterocycles. The Bertz CT molecular complexity index is 382. The van der Waals surface area contributed by atoms with Crippen LogP contribution in [0.5, 0.6) is 0 Å². The predicted octanol–water partition coefficient (Wildman–Crippen LogP) is 3.00. The third-order valence-electron chi connectivity index (χ3n) is 2.54. The summed E-state index contributed by atoms with van der Waals surface area (Å²) in [5.41, 5.74) is 1.10. The first-order valence-electron chi connectivity index (χ1n) is 5.75. The van der Waals surface area contributed by atoms with Crippen LogP contribution >= 0.6 is 22.6 Å². The molecule has 1 aromatic rings. The van der Waals surface area contributed by atoms with Crippen LogP contribution in [0.1, 0.15) is 44.1 Å². The minimum Gasteiger partial charge on any atom is -0.384 e. The van der Waals surface area contributed by atoms with Gasteiger partial charge in [0.05, 0.1) is 15.9 Å². The Balaban J connectivity index is 3.20. The normalized spacial score (nSPS) is 12.9. The van der Waals surface area contributed by atoms with E-state index < -0.39 is 0 Å². The maximum absolute atomic E-state index is 5.16. The van der Waals surface area contributed by atoms with Gasteiger partial charge in [-0.25, -0.2) is 9.97 Å². The van der Waals surface area contributed by atoms with Gasteiger partial charge in [-0.05, 0) is 28.5 Å². The van der Waals surface area contributed by atoms with E-state index in [0.717, 1.165) is 20.9 Å². The first kappa shape index (κ1) is 14.6. The van der Waals surface area contributed by atoms with Crippen molar-refractivity contribution >= 4 is 28.4 Å². The van der Waals surface area contributed by atoms with Gasteiger partial charge in [0.25, 0.3) is 0 Å². The van der Waals surface area contributed by atoms with Crippen molar-refractivity contribution < 1.29 is 4.74 Å². The highest BCUT2D eigenvalue weighted by Crippen LogP contribution is 2.26. The van der Waals surface area contributed by atoms with Crippen LogP contribution in [0.3, 0.4) is 0 Å². The number of hydrogen-bond donors (Lipinski definition) is 1. The van der Waals surface area contributed by atoms with Gasteiger partial charge in [-0.2, -0.15) is 0 Å². The number of ether oxygens (including phenoxy) is 1. The molecule has 0 radical (unpaired) electrons. The highest BCUT2D eigenvalue weighted by atomic mass is 127. The minimum atomic E-state index is 0.210. The van der Waals surface area contributed by atoms with E-state index in [2.05, 4.69) is 58.6 Å². The van der Waals surface area contributed by atoms with E-state index in [1.54, 1.807) is 7.11 Å². The molecule has 5 heteroatoms. The lowest BCUT2D eigenvalue weighted by Gasteiger charge is -2.16. The monoisotopic (exact) mass is 349 g/mol. The Hall–Kier alpha value is -0.430. The standard InChI is InChI=1S/C12H20IN3O/c1-7(2)10-9(13)12(14-4)16-11(15-10)8(3)6-17-5/h7-8H,6H2,1-5H3,(H,14,15,16). The van der Waals surface area contributed by atoms with E-state index in [1.807, 2.05) is 7.05 Å². The van der Waals surface area contributed by atoms with Gasteiger partial charge >= 0.3 is 0 Å². The number of nitrogens with one attached hydrogen (secondary N) is 1. The van der Waals surface area contributed by atoms with Gasteiger partial charge in [0, 0.05) is 20.1 Å². The molecule has 0 aromatic carbocycles. The molecule has 0 saturated heterocycles. The van der Waals surface area contributed by atoms with Gasteiger partial charge in [0.15, 0.2) is 0 Å². The van der Waals surface area contributed by atoms with Crippen molar-refractivity contribution in [3.05, 3.63) is 15.1 Å². The molecular formula is C12H20IN3O. The van der Waals surface area contributed by atoms with Crippen molar-refractivity contribution in [3.63, 3.8) is 0 Å². The summed E-state index contributed by atoms with van der Waals surface area (Å²) >= 11 is 2.30. The summed E-state index contributed by atoms with van der Waals surface area (Å²) in [4.78, 5) is 9.20. The van der Waals surface area contributed by atoms with Crippen LogP contribution in [0.25, 0.3) is 0 Å². The van der Waals surface area contributed by atoms with Crippen LogP contribution in [-0.2, 0) is 4.74 Å². The molecule has 0 aliphatic heterocycles. The van der Waals surface area contributed by atoms with Crippen molar-refractivity contribution in [1.29, 1.82) is 0 Å². The van der Waals surface area contributed by atoms with E-state index in [-0.39, 0.29) is 5.92 Å². The molecule has 0 saturated carbocycles. The van der Waals surface area contributed by atoms with E-state index >= 15 is 0 Å². The molecule has 1 rings (SSSR count). The number of hydrogen-bond acceptors (Lipinski definition) is 4. The fourth-order valence-corrected chi connectivity index (χ4v) is 2.71. The van der Waals surface area contributed by atoms with Gasteiger partial charge in [0.2, 0.25) is 0 Å². The lowest BCUT2D eigenvalue weighted by Crippen LogP contribution is -2.13. The molecule has 0 fully saturated rings. The highest BCUT2D eigenvalue weighted by molar-refractivity contribution is 14.1. The second kappa shape index (κ2) is 6.49. The summed E-state index contributed by atoms with van der Waals surface area (Å²) in [5.74, 6) is 2.36. The second-order valence-electron chi connectivity index (χ2n) is 4.39. The van der Waals surface area contributed by atoms with Crippen LogP contribution in [0.2, 0.25) is 0 Å². The fourth-order valence-electron chi connectivity index (χ4n) is 1.58. The largest absolute Gasteiger partial charge is 0.384 e. The Morgan fingerprint density at radius 1 is 1.29 bits per heavy atom. The van der Waals surface area contributed by atoms with Gasteiger partial charge in [-0.15, -0.1) is 0 Å². The smallest absolute Gasteiger partial charge is 0.143 e. The summed E-state index contributed by atoms with van der Waals surface area (Å²) in [5, 5.41) is 3.13. The molecular weight excluding hydrogens is 329 g/mol. The van der Waals surface area contributed by atoms with E-state index in [1.165, 1.54) is 0 Å². The maximum Gasteiger partial charge on any atom is 0.143 e. The van der Waals surface area contributed by atoms with Gasteiger partial charge in [-0.3, -0.25) is 0 Å². The molecule has 0 aliphatic rings. The number of nitrogens with zero attached hydrogens (tertiary/aromatic N) is 2. The number of rotatable bonds is 5. The first-order chi connectivity index (χ1) is 8.01. The van der Waals surface area contributed by atoms with Crippen LogP contribution in [-0.4, -0.2) is 30.7 Å². The van der Waals surface area contributed by atoms with E-state index in [9.17, 15) is 0 Å². The zero-order valence-electron chi connectivity index (χ0n) is 11.0. The Kier molecular flexibility index (Phi) is 5.58. The first-order valence-corrected chi connectivity index (χ1v) is 6.83. The minimum absolute atomic E-state index is 0.210. The third-order valence-corrected chi connectivity index (χ3v) is 3.60. The fraction of sp³-hybridized carbons (Fsp3) is 0.667. The molecule has 1 unspecified atom stereocenters. The van der Waals surface area contributed by atoms with Crippen LogP contribution in [0, 0.1) is 3.57 Å². The van der Waals surface area contributed by atoms with E-state index in [4.69, 9.17) is 4.74 Å². The summed E-state index contributed by atoms with van der Waals surface area (Å²) < 4.78 is 6.26. The van der Waals surface area contributed by atoms with Crippen molar-refractivity contribution in [2.24, 2.45) is 0 Å². The maximum atomic E-state index is 5.16. The lowest BCUT2D eigenvalue weighted by atomic mass is 10.1. The molecule has 17 heavy (non-hydrogen) atoms. The third kappa shape index (κ3) is 3.51.